The van der Waals surface area contributed by atoms with E-state index in [-0.39, 0.29) is 0 Å². The quantitative estimate of drug-likeness (QED) is 0.566. The average Bonchev–Trinajstić information content (AvgIpc) is 2.57. The van der Waals surface area contributed by atoms with E-state index in [0.29, 0.717) is 0 Å². The Balaban J connectivity index is 3.13. The fraction of sp³-hybridized carbons (Fsp3) is 0.333. The van der Waals surface area contributed by atoms with Crippen molar-refractivity contribution in [2.24, 2.45) is 0 Å². The molecule has 0 atom stereocenters. The van der Waals surface area contributed by atoms with E-state index in [2.05, 4.69) is 68.5 Å². The summed E-state index contributed by atoms with van der Waals surface area (Å²) in [7, 11) is 0. The molecule has 0 amide bonds. The largest absolute Gasteiger partial charge is 0.0984 e. The van der Waals surface area contributed by atoms with Crippen molar-refractivity contribution >= 4 is 12.2 Å². The summed E-state index contributed by atoms with van der Waals surface area (Å²) in [5.41, 5.74) is 16.0. The summed E-state index contributed by atoms with van der Waals surface area (Å²) in [6.07, 6.45) is 3.97. The summed E-state index contributed by atoms with van der Waals surface area (Å²) in [4.78, 5) is 0. The zero-order chi connectivity index (χ0) is 18.3. The number of benzene rings is 2. The molecular weight excluding hydrogens is 288 g/mol. The van der Waals surface area contributed by atoms with Gasteiger partial charge in [-0.3, -0.25) is 0 Å². The van der Waals surface area contributed by atoms with Crippen molar-refractivity contribution in [1.29, 1.82) is 0 Å². The van der Waals surface area contributed by atoms with Gasteiger partial charge in [0.1, 0.15) is 0 Å². The highest BCUT2D eigenvalue weighted by Crippen LogP contribution is 2.41. The third-order valence-corrected chi connectivity index (χ3v) is 6.12. The van der Waals surface area contributed by atoms with Gasteiger partial charge in [-0.2, -0.15) is 0 Å². The van der Waals surface area contributed by atoms with Crippen molar-refractivity contribution in [2.75, 3.05) is 0 Å². The van der Waals surface area contributed by atoms with Crippen LogP contribution in [0.5, 0.6) is 0 Å². The van der Waals surface area contributed by atoms with Crippen molar-refractivity contribution < 1.29 is 0 Å². The summed E-state index contributed by atoms with van der Waals surface area (Å²) in [5.74, 6) is 0. The first-order valence-corrected chi connectivity index (χ1v) is 8.64. The molecule has 0 nitrogen and oxygen atoms in total. The van der Waals surface area contributed by atoms with E-state index in [0.717, 1.165) is 0 Å². The lowest BCUT2D eigenvalue weighted by Crippen LogP contribution is -2.05. The molecule has 0 spiro atoms. The molecule has 24 heavy (non-hydrogen) atoms. The molecule has 2 rings (SSSR count). The molecule has 0 N–H and O–H groups in total. The minimum atomic E-state index is 1.21. The van der Waals surface area contributed by atoms with E-state index < -0.39 is 0 Å². The lowest BCUT2D eigenvalue weighted by Gasteiger charge is -2.25. The molecule has 2 aromatic rings. The van der Waals surface area contributed by atoms with E-state index >= 15 is 0 Å². The standard InChI is InChI=1S/C24H30/c1-11-21-17(7)16(6)20(10)24(22(21)12-2)23-18(8)14(4)13(3)15(5)19(23)9/h11-12H,1-2H2,3-10H3. The van der Waals surface area contributed by atoms with Gasteiger partial charge in [0.25, 0.3) is 0 Å². The van der Waals surface area contributed by atoms with Crippen LogP contribution in [0.25, 0.3) is 23.3 Å². The third kappa shape index (κ3) is 2.45. The van der Waals surface area contributed by atoms with E-state index in [1.807, 2.05) is 12.2 Å². The number of hydrogen-bond donors (Lipinski definition) is 0. The van der Waals surface area contributed by atoms with Crippen LogP contribution >= 0.6 is 0 Å². The van der Waals surface area contributed by atoms with Crippen LogP contribution in [0.3, 0.4) is 0 Å². The van der Waals surface area contributed by atoms with Gasteiger partial charge in [-0.05, 0) is 122 Å². The normalized spacial score (nSPS) is 10.8. The maximum Gasteiger partial charge on any atom is -0.00680 e. The highest BCUT2D eigenvalue weighted by molar-refractivity contribution is 5.88. The van der Waals surface area contributed by atoms with Crippen molar-refractivity contribution in [3.63, 3.8) is 0 Å². The molecule has 0 bridgehead atoms. The molecule has 0 radical (unpaired) electrons. The molecule has 2 aromatic carbocycles. The van der Waals surface area contributed by atoms with Crippen molar-refractivity contribution in [3.8, 4) is 11.1 Å². The summed E-state index contributed by atoms with van der Waals surface area (Å²) in [5, 5.41) is 0. The molecule has 126 valence electrons. The number of rotatable bonds is 3. The first kappa shape index (κ1) is 18.3. The van der Waals surface area contributed by atoms with Crippen LogP contribution in [-0.2, 0) is 0 Å². The van der Waals surface area contributed by atoms with Gasteiger partial charge in [0, 0.05) is 0 Å². The van der Waals surface area contributed by atoms with Gasteiger partial charge >= 0.3 is 0 Å². The fourth-order valence-corrected chi connectivity index (χ4v) is 3.88. The van der Waals surface area contributed by atoms with Crippen LogP contribution in [-0.4, -0.2) is 0 Å². The van der Waals surface area contributed by atoms with Crippen molar-refractivity contribution in [1.82, 2.24) is 0 Å². The second kappa shape index (κ2) is 6.43. The first-order valence-electron chi connectivity index (χ1n) is 8.64. The molecular formula is C24H30. The SMILES string of the molecule is C=Cc1c(C)c(C)c(C)c(-c2c(C)c(C)c(C)c(C)c2C)c1C=C. The smallest absolute Gasteiger partial charge is 0.00680 e. The molecule has 0 heterocycles. The van der Waals surface area contributed by atoms with Crippen LogP contribution in [0.15, 0.2) is 13.2 Å². The lowest BCUT2D eigenvalue weighted by molar-refractivity contribution is 1.17. The highest BCUT2D eigenvalue weighted by Gasteiger charge is 2.21. The lowest BCUT2D eigenvalue weighted by atomic mass is 9.79. The average molecular weight is 319 g/mol. The minimum absolute atomic E-state index is 1.21. The molecule has 0 fully saturated rings. The fourth-order valence-electron chi connectivity index (χ4n) is 3.88. The van der Waals surface area contributed by atoms with E-state index in [1.54, 1.807) is 0 Å². The van der Waals surface area contributed by atoms with Crippen LogP contribution in [0, 0.1) is 55.4 Å². The van der Waals surface area contributed by atoms with Crippen LogP contribution < -0.4 is 0 Å². The van der Waals surface area contributed by atoms with Gasteiger partial charge in [-0.15, -0.1) is 0 Å². The highest BCUT2D eigenvalue weighted by atomic mass is 14.2. The first-order chi connectivity index (χ1) is 11.2. The second-order valence-corrected chi connectivity index (χ2v) is 6.99. The zero-order valence-corrected chi connectivity index (χ0v) is 16.6. The molecule has 0 saturated heterocycles. The summed E-state index contributed by atoms with van der Waals surface area (Å²) >= 11 is 0. The monoisotopic (exact) mass is 318 g/mol. The van der Waals surface area contributed by atoms with E-state index in [1.165, 1.54) is 66.8 Å². The van der Waals surface area contributed by atoms with Gasteiger partial charge in [0.2, 0.25) is 0 Å². The van der Waals surface area contributed by atoms with Crippen LogP contribution in [0.1, 0.15) is 55.6 Å². The van der Waals surface area contributed by atoms with Crippen molar-refractivity contribution in [2.45, 2.75) is 55.4 Å². The maximum atomic E-state index is 4.11. The molecule has 0 aliphatic heterocycles. The zero-order valence-electron chi connectivity index (χ0n) is 16.6. The van der Waals surface area contributed by atoms with Gasteiger partial charge < -0.3 is 0 Å². The second-order valence-electron chi connectivity index (χ2n) is 6.99. The summed E-state index contributed by atoms with van der Waals surface area (Å²) in [6, 6.07) is 0. The maximum absolute atomic E-state index is 4.11. The summed E-state index contributed by atoms with van der Waals surface area (Å²) < 4.78 is 0. The van der Waals surface area contributed by atoms with Crippen molar-refractivity contribution in [3.05, 3.63) is 68.8 Å². The van der Waals surface area contributed by atoms with Gasteiger partial charge in [-0.1, -0.05) is 25.3 Å². The molecule has 0 unspecified atom stereocenters. The van der Waals surface area contributed by atoms with E-state index in [9.17, 15) is 0 Å². The molecule has 0 aliphatic rings. The Bertz CT molecular complexity index is 832. The predicted octanol–water partition coefficient (Wildman–Crippen LogP) is 7.11. The third-order valence-electron chi connectivity index (χ3n) is 6.12. The van der Waals surface area contributed by atoms with Crippen LogP contribution in [0.4, 0.5) is 0 Å². The minimum Gasteiger partial charge on any atom is -0.0984 e. The van der Waals surface area contributed by atoms with Gasteiger partial charge in [0.05, 0.1) is 0 Å². The molecule has 0 saturated carbocycles. The Morgan fingerprint density at radius 2 is 0.750 bits per heavy atom. The molecule has 0 aromatic heterocycles. The van der Waals surface area contributed by atoms with Crippen LogP contribution in [0.2, 0.25) is 0 Å². The molecule has 0 aliphatic carbocycles. The van der Waals surface area contributed by atoms with Gasteiger partial charge in [0.15, 0.2) is 0 Å². The Labute approximate surface area is 147 Å². The Hall–Kier alpha value is -2.08. The summed E-state index contributed by atoms with van der Waals surface area (Å²) in [6.45, 7) is 26.0. The molecule has 0 heteroatoms. The Kier molecular flexibility index (Phi) is 4.90. The predicted molar refractivity (Wildman–Crippen MR) is 110 cm³/mol. The Morgan fingerprint density at radius 1 is 0.417 bits per heavy atom. The topological polar surface area (TPSA) is 0 Å². The Morgan fingerprint density at radius 3 is 1.17 bits per heavy atom. The number of hydrogen-bond acceptors (Lipinski definition) is 0. The van der Waals surface area contributed by atoms with Gasteiger partial charge in [-0.25, -0.2) is 0 Å². The van der Waals surface area contributed by atoms with E-state index in [4.69, 9.17) is 0 Å².